The number of carbonyl (C=O) groups excluding carboxylic acids is 1. The van der Waals surface area contributed by atoms with E-state index < -0.39 is 0 Å². The lowest BCUT2D eigenvalue weighted by molar-refractivity contribution is -0.137. The lowest BCUT2D eigenvalue weighted by Gasteiger charge is -2.39. The highest BCUT2D eigenvalue weighted by Crippen LogP contribution is 2.22. The topological polar surface area (TPSA) is 61.4 Å². The molecule has 1 amide bonds. The third kappa shape index (κ3) is 4.74. The van der Waals surface area contributed by atoms with Crippen molar-refractivity contribution in [2.75, 3.05) is 44.2 Å². The molecule has 0 spiro atoms. The summed E-state index contributed by atoms with van der Waals surface area (Å²) < 4.78 is 0. The number of nitrogens with zero attached hydrogens (tertiary/aromatic N) is 4. The Morgan fingerprint density at radius 1 is 1.07 bits per heavy atom. The Bertz CT molecular complexity index is 764. The van der Waals surface area contributed by atoms with Gasteiger partial charge >= 0.3 is 0 Å². The van der Waals surface area contributed by atoms with Crippen LogP contribution < -0.4 is 10.2 Å². The first-order valence-corrected chi connectivity index (χ1v) is 9.35. The summed E-state index contributed by atoms with van der Waals surface area (Å²) in [4.78, 5) is 26.0. The van der Waals surface area contributed by atoms with Gasteiger partial charge in [0.15, 0.2) is 5.82 Å². The van der Waals surface area contributed by atoms with Gasteiger partial charge in [-0.3, -0.25) is 4.79 Å². The molecule has 0 radical (unpaired) electrons. The summed E-state index contributed by atoms with van der Waals surface area (Å²) in [6, 6.07) is 12.0. The van der Waals surface area contributed by atoms with Crippen LogP contribution in [0.3, 0.4) is 0 Å². The van der Waals surface area contributed by atoms with Crippen molar-refractivity contribution in [1.29, 1.82) is 0 Å². The maximum absolute atomic E-state index is 12.7. The van der Waals surface area contributed by atoms with E-state index in [9.17, 15) is 4.79 Å². The van der Waals surface area contributed by atoms with E-state index in [1.165, 1.54) is 0 Å². The van der Waals surface area contributed by atoms with E-state index in [-0.39, 0.29) is 30.7 Å². The van der Waals surface area contributed by atoms with Crippen LogP contribution in [0, 0.1) is 11.8 Å². The van der Waals surface area contributed by atoms with E-state index in [0.29, 0.717) is 11.8 Å². The average molecular weight is 424 g/mol. The van der Waals surface area contributed by atoms with Crippen LogP contribution in [0.15, 0.2) is 42.6 Å². The lowest BCUT2D eigenvalue weighted by Crippen LogP contribution is -2.54. The number of hydrogen-bond acceptors (Lipinski definition) is 5. The molecule has 6 nitrogen and oxygen atoms in total. The van der Waals surface area contributed by atoms with Crippen LogP contribution in [0.1, 0.15) is 6.92 Å². The number of carbonyl (C=O) groups is 1. The molecule has 1 N–H and O–H groups in total. The van der Waals surface area contributed by atoms with E-state index >= 15 is 0 Å². The highest BCUT2D eigenvalue weighted by Gasteiger charge is 2.33. The first-order chi connectivity index (χ1) is 12.7. The summed E-state index contributed by atoms with van der Waals surface area (Å²) in [6.45, 7) is 7.14. The van der Waals surface area contributed by atoms with Crippen molar-refractivity contribution in [3.8, 4) is 11.4 Å². The summed E-state index contributed by atoms with van der Waals surface area (Å²) in [7, 11) is 0. The number of nitrogens with one attached hydrogen (secondary N) is 1. The highest BCUT2D eigenvalue weighted by molar-refractivity contribution is 5.85. The van der Waals surface area contributed by atoms with E-state index in [1.54, 1.807) is 0 Å². The Kier molecular flexibility index (Phi) is 8.04. The van der Waals surface area contributed by atoms with Gasteiger partial charge in [0.25, 0.3) is 0 Å². The van der Waals surface area contributed by atoms with Crippen LogP contribution >= 0.6 is 24.8 Å². The van der Waals surface area contributed by atoms with Crippen LogP contribution in [0.5, 0.6) is 0 Å². The van der Waals surface area contributed by atoms with E-state index in [2.05, 4.69) is 22.1 Å². The number of amides is 1. The van der Waals surface area contributed by atoms with Crippen molar-refractivity contribution >= 4 is 36.5 Å². The van der Waals surface area contributed by atoms with Gasteiger partial charge in [-0.15, -0.1) is 24.8 Å². The van der Waals surface area contributed by atoms with Crippen LogP contribution in [-0.2, 0) is 4.79 Å². The van der Waals surface area contributed by atoms with Gasteiger partial charge < -0.3 is 15.1 Å². The fourth-order valence-corrected chi connectivity index (χ4v) is 3.56. The molecule has 8 heteroatoms. The molecule has 1 atom stereocenters. The van der Waals surface area contributed by atoms with Crippen LogP contribution in [0.4, 0.5) is 5.82 Å². The number of hydrogen-bond donors (Lipinski definition) is 1. The number of benzene rings is 1. The highest BCUT2D eigenvalue weighted by atomic mass is 35.5. The molecule has 3 heterocycles. The zero-order chi connectivity index (χ0) is 17.9. The van der Waals surface area contributed by atoms with Gasteiger partial charge in [0.05, 0.1) is 0 Å². The molecule has 152 valence electrons. The third-order valence-electron chi connectivity index (χ3n) is 5.50. The number of rotatable bonds is 4. The van der Waals surface area contributed by atoms with Gasteiger partial charge in [-0.1, -0.05) is 37.3 Å². The van der Waals surface area contributed by atoms with Gasteiger partial charge in [0, 0.05) is 43.9 Å². The summed E-state index contributed by atoms with van der Waals surface area (Å²) >= 11 is 0. The predicted molar refractivity (Wildman–Crippen MR) is 116 cm³/mol. The molecule has 28 heavy (non-hydrogen) atoms. The van der Waals surface area contributed by atoms with Gasteiger partial charge in [-0.25, -0.2) is 9.97 Å². The molecule has 4 rings (SSSR count). The maximum atomic E-state index is 12.7. The Morgan fingerprint density at radius 2 is 1.75 bits per heavy atom. The Balaban J connectivity index is 0.00000140. The predicted octanol–water partition coefficient (Wildman–Crippen LogP) is 2.49. The minimum atomic E-state index is 0. The fourth-order valence-electron chi connectivity index (χ4n) is 3.56. The molecule has 2 fully saturated rings. The molecule has 2 saturated heterocycles. The molecular weight excluding hydrogens is 397 g/mol. The van der Waals surface area contributed by atoms with Crippen molar-refractivity contribution in [3.05, 3.63) is 42.6 Å². The standard InChI is InChI=1S/C20H25N5O.2ClH/c1-15(17-13-21-14-17)20(26)25-11-9-24(10-12-25)18-7-8-22-19(23-18)16-5-3-2-4-6-16;;/h2-8,15,17,21H,9-14H2,1H3;2*1H. The quantitative estimate of drug-likeness (QED) is 0.818. The Hall–Kier alpha value is -1.89. The fraction of sp³-hybridized carbons (Fsp3) is 0.450. The van der Waals surface area contributed by atoms with Gasteiger partial charge in [0.2, 0.25) is 5.91 Å². The minimum absolute atomic E-state index is 0. The van der Waals surface area contributed by atoms with Crippen molar-refractivity contribution in [2.24, 2.45) is 11.8 Å². The second-order valence-electron chi connectivity index (χ2n) is 7.12. The average Bonchev–Trinajstić information content (AvgIpc) is 2.67. The molecule has 1 aromatic heterocycles. The first-order valence-electron chi connectivity index (χ1n) is 9.35. The van der Waals surface area contributed by atoms with E-state index in [0.717, 1.165) is 56.5 Å². The second kappa shape index (κ2) is 10.0. The molecule has 2 aliphatic rings. The number of piperazine rings is 1. The third-order valence-corrected chi connectivity index (χ3v) is 5.50. The summed E-state index contributed by atoms with van der Waals surface area (Å²) in [5.74, 6) is 2.58. The molecule has 1 aromatic carbocycles. The molecular formula is C20H27Cl2N5O. The monoisotopic (exact) mass is 423 g/mol. The lowest BCUT2D eigenvalue weighted by atomic mass is 9.88. The van der Waals surface area contributed by atoms with E-state index in [4.69, 9.17) is 4.98 Å². The maximum Gasteiger partial charge on any atom is 0.225 e. The largest absolute Gasteiger partial charge is 0.353 e. The van der Waals surface area contributed by atoms with Crippen LogP contribution in [0.25, 0.3) is 11.4 Å². The number of aromatic nitrogens is 2. The van der Waals surface area contributed by atoms with Crippen molar-refractivity contribution < 1.29 is 4.79 Å². The molecule has 0 saturated carbocycles. The SMILES string of the molecule is CC(C(=O)N1CCN(c2ccnc(-c3ccccc3)n2)CC1)C1CNC1.Cl.Cl. The molecule has 1 unspecified atom stereocenters. The molecule has 2 aromatic rings. The first kappa shape index (κ1) is 22.4. The van der Waals surface area contributed by atoms with Gasteiger partial charge in [-0.05, 0) is 25.1 Å². The van der Waals surface area contributed by atoms with Gasteiger partial charge in [0.1, 0.15) is 5.82 Å². The van der Waals surface area contributed by atoms with Crippen molar-refractivity contribution in [3.63, 3.8) is 0 Å². The molecule has 2 aliphatic heterocycles. The molecule has 0 aliphatic carbocycles. The van der Waals surface area contributed by atoms with E-state index in [1.807, 2.05) is 47.5 Å². The zero-order valence-corrected chi connectivity index (χ0v) is 17.6. The minimum Gasteiger partial charge on any atom is -0.353 e. The summed E-state index contributed by atoms with van der Waals surface area (Å²) in [5, 5.41) is 3.25. The Morgan fingerprint density at radius 3 is 2.36 bits per heavy atom. The van der Waals surface area contributed by atoms with Crippen LogP contribution in [-0.4, -0.2) is 60.0 Å². The Labute approximate surface area is 178 Å². The smallest absolute Gasteiger partial charge is 0.225 e. The van der Waals surface area contributed by atoms with Crippen molar-refractivity contribution in [1.82, 2.24) is 20.2 Å². The normalized spacial score (nSPS) is 17.8. The van der Waals surface area contributed by atoms with Gasteiger partial charge in [-0.2, -0.15) is 0 Å². The number of anilines is 1. The number of halogens is 2. The summed E-state index contributed by atoms with van der Waals surface area (Å²) in [6.07, 6.45) is 1.81. The second-order valence-corrected chi connectivity index (χ2v) is 7.12. The summed E-state index contributed by atoms with van der Waals surface area (Å²) in [5.41, 5.74) is 1.02. The molecule has 0 bridgehead atoms. The van der Waals surface area contributed by atoms with Crippen LogP contribution in [0.2, 0.25) is 0 Å². The van der Waals surface area contributed by atoms with Crippen molar-refractivity contribution in [2.45, 2.75) is 6.92 Å². The zero-order valence-electron chi connectivity index (χ0n) is 16.0.